The summed E-state index contributed by atoms with van der Waals surface area (Å²) in [6.07, 6.45) is 0.898. The fourth-order valence-corrected chi connectivity index (χ4v) is 4.92. The van der Waals surface area contributed by atoms with Gasteiger partial charge in [-0.3, -0.25) is 5.01 Å². The summed E-state index contributed by atoms with van der Waals surface area (Å²) in [4.78, 5) is 0. The Bertz CT molecular complexity index is 756. The van der Waals surface area contributed by atoms with Crippen LogP contribution in [0.15, 0.2) is 39.9 Å². The summed E-state index contributed by atoms with van der Waals surface area (Å²) >= 11 is 3.40. The molecule has 2 aliphatic rings. The SMILES string of the molecule is CC(C)Cc1nnc2n1N1C(=CSC1c1cccc(O)c1)S2. The number of aromatic hydroxyl groups is 1. The van der Waals surface area contributed by atoms with E-state index in [0.717, 1.165) is 23.0 Å². The predicted molar refractivity (Wildman–Crippen MR) is 89.2 cm³/mol. The molecule has 0 fully saturated rings. The highest BCUT2D eigenvalue weighted by Gasteiger charge is 2.39. The fourth-order valence-electron chi connectivity index (χ4n) is 2.68. The first-order valence-corrected chi connectivity index (χ1v) is 8.95. The summed E-state index contributed by atoms with van der Waals surface area (Å²) < 4.78 is 2.13. The fraction of sp³-hybridized carbons (Fsp3) is 0.333. The van der Waals surface area contributed by atoms with E-state index >= 15 is 0 Å². The van der Waals surface area contributed by atoms with Gasteiger partial charge in [-0.05, 0) is 35.4 Å². The van der Waals surface area contributed by atoms with Gasteiger partial charge in [-0.25, -0.2) is 4.68 Å². The van der Waals surface area contributed by atoms with E-state index in [1.54, 1.807) is 29.6 Å². The number of nitrogens with zero attached hydrogens (tertiary/aromatic N) is 4. The molecule has 1 aromatic heterocycles. The lowest BCUT2D eigenvalue weighted by atomic mass is 10.1. The van der Waals surface area contributed by atoms with Crippen LogP contribution in [0.4, 0.5) is 0 Å². The number of thioether (sulfide) groups is 2. The van der Waals surface area contributed by atoms with Crippen LogP contribution in [-0.2, 0) is 6.42 Å². The highest BCUT2D eigenvalue weighted by atomic mass is 32.2. The monoisotopic (exact) mass is 332 g/mol. The zero-order valence-corrected chi connectivity index (χ0v) is 13.9. The molecule has 0 saturated carbocycles. The van der Waals surface area contributed by atoms with Crippen LogP contribution in [0.2, 0.25) is 0 Å². The molecule has 0 bridgehead atoms. The molecule has 4 rings (SSSR count). The van der Waals surface area contributed by atoms with Crippen molar-refractivity contribution in [3.8, 4) is 5.75 Å². The van der Waals surface area contributed by atoms with Gasteiger partial charge < -0.3 is 5.11 Å². The van der Waals surface area contributed by atoms with Crippen LogP contribution in [0.1, 0.15) is 30.6 Å². The molecule has 0 radical (unpaired) electrons. The van der Waals surface area contributed by atoms with E-state index in [2.05, 4.69) is 39.1 Å². The van der Waals surface area contributed by atoms with E-state index < -0.39 is 0 Å². The third-order valence-electron chi connectivity index (χ3n) is 3.58. The van der Waals surface area contributed by atoms with Gasteiger partial charge in [0.15, 0.2) is 5.82 Å². The summed E-state index contributed by atoms with van der Waals surface area (Å²) in [5.41, 5.74) is 1.08. The molecule has 0 spiro atoms. The lowest BCUT2D eigenvalue weighted by Crippen LogP contribution is -2.31. The Kier molecular flexibility index (Phi) is 3.34. The third-order valence-corrected chi connectivity index (χ3v) is 5.77. The van der Waals surface area contributed by atoms with E-state index in [-0.39, 0.29) is 5.37 Å². The van der Waals surface area contributed by atoms with Crippen molar-refractivity contribution in [2.75, 3.05) is 5.01 Å². The van der Waals surface area contributed by atoms with Gasteiger partial charge >= 0.3 is 0 Å². The summed E-state index contributed by atoms with van der Waals surface area (Å²) in [5, 5.41) is 25.0. The van der Waals surface area contributed by atoms with Gasteiger partial charge in [0.25, 0.3) is 0 Å². The van der Waals surface area contributed by atoms with Crippen molar-refractivity contribution in [1.82, 2.24) is 14.9 Å². The second-order valence-electron chi connectivity index (χ2n) is 5.79. The van der Waals surface area contributed by atoms with Crippen molar-refractivity contribution in [2.24, 2.45) is 5.92 Å². The number of rotatable bonds is 3. The lowest BCUT2D eigenvalue weighted by molar-refractivity contribution is 0.474. The molecular weight excluding hydrogens is 316 g/mol. The van der Waals surface area contributed by atoms with Gasteiger partial charge in [-0.1, -0.05) is 37.7 Å². The number of hydrogen-bond acceptors (Lipinski definition) is 6. The van der Waals surface area contributed by atoms with E-state index in [4.69, 9.17) is 0 Å². The van der Waals surface area contributed by atoms with Gasteiger partial charge in [0.2, 0.25) is 5.16 Å². The highest BCUT2D eigenvalue weighted by molar-refractivity contribution is 8.07. The number of fused-ring (bicyclic) bond motifs is 3. The van der Waals surface area contributed by atoms with E-state index in [1.165, 1.54) is 5.03 Å². The number of hydrogen-bond donors (Lipinski definition) is 1. The Morgan fingerprint density at radius 2 is 2.18 bits per heavy atom. The molecule has 0 aliphatic carbocycles. The number of aromatic nitrogens is 3. The molecule has 1 N–H and O–H groups in total. The maximum Gasteiger partial charge on any atom is 0.216 e. The zero-order chi connectivity index (χ0) is 15.3. The average Bonchev–Trinajstić information content (AvgIpc) is 3.10. The van der Waals surface area contributed by atoms with E-state index in [9.17, 15) is 5.11 Å². The van der Waals surface area contributed by atoms with Crippen LogP contribution in [-0.4, -0.2) is 20.0 Å². The quantitative estimate of drug-likeness (QED) is 0.929. The van der Waals surface area contributed by atoms with E-state index in [0.29, 0.717) is 11.7 Å². The lowest BCUT2D eigenvalue weighted by Gasteiger charge is -2.26. The molecule has 1 atom stereocenters. The van der Waals surface area contributed by atoms with Crippen LogP contribution < -0.4 is 5.01 Å². The van der Waals surface area contributed by atoms with Crippen molar-refractivity contribution in [1.29, 1.82) is 0 Å². The van der Waals surface area contributed by atoms with Gasteiger partial charge in [0.1, 0.15) is 16.2 Å². The number of phenols is 1. The van der Waals surface area contributed by atoms with Crippen molar-refractivity contribution in [3.63, 3.8) is 0 Å². The molecule has 0 saturated heterocycles. The second-order valence-corrected chi connectivity index (χ2v) is 7.74. The Labute approximate surface area is 137 Å². The predicted octanol–water partition coefficient (Wildman–Crippen LogP) is 3.47. The van der Waals surface area contributed by atoms with E-state index in [1.807, 2.05) is 18.2 Å². The Morgan fingerprint density at radius 3 is 2.95 bits per heavy atom. The largest absolute Gasteiger partial charge is 0.508 e. The van der Waals surface area contributed by atoms with Gasteiger partial charge in [-0.15, -0.1) is 10.2 Å². The molecule has 22 heavy (non-hydrogen) atoms. The Hall–Kier alpha value is -1.60. The van der Waals surface area contributed by atoms with Crippen LogP contribution >= 0.6 is 23.5 Å². The van der Waals surface area contributed by atoms with Crippen molar-refractivity contribution < 1.29 is 5.11 Å². The Morgan fingerprint density at radius 1 is 1.32 bits per heavy atom. The van der Waals surface area contributed by atoms with Crippen molar-refractivity contribution in [3.05, 3.63) is 46.1 Å². The minimum absolute atomic E-state index is 0.109. The molecule has 1 unspecified atom stereocenters. The van der Waals surface area contributed by atoms with Crippen LogP contribution in [0, 0.1) is 5.92 Å². The maximum absolute atomic E-state index is 9.76. The van der Waals surface area contributed by atoms with Gasteiger partial charge in [0, 0.05) is 11.8 Å². The minimum Gasteiger partial charge on any atom is -0.508 e. The topological polar surface area (TPSA) is 54.2 Å². The molecule has 7 heteroatoms. The molecular formula is C15H16N4OS2. The van der Waals surface area contributed by atoms with Gasteiger partial charge in [-0.2, -0.15) is 0 Å². The molecule has 0 amide bonds. The third kappa shape index (κ3) is 2.19. The normalized spacial score (nSPS) is 19.5. The smallest absolute Gasteiger partial charge is 0.216 e. The first-order valence-electron chi connectivity index (χ1n) is 7.19. The van der Waals surface area contributed by atoms with Crippen LogP contribution in [0.5, 0.6) is 5.75 Å². The number of benzene rings is 1. The van der Waals surface area contributed by atoms with Crippen LogP contribution in [0.3, 0.4) is 0 Å². The number of phenolic OH excluding ortho intramolecular Hbond substituents is 1. The maximum atomic E-state index is 9.76. The highest BCUT2D eigenvalue weighted by Crippen LogP contribution is 2.51. The minimum atomic E-state index is 0.109. The zero-order valence-electron chi connectivity index (χ0n) is 12.3. The second kappa shape index (κ2) is 5.24. The molecule has 1 aromatic carbocycles. The summed E-state index contributed by atoms with van der Waals surface area (Å²) in [6.45, 7) is 4.37. The van der Waals surface area contributed by atoms with Gasteiger partial charge in [0.05, 0.1) is 0 Å². The standard InChI is InChI=1S/C15H16N4OS2/c1-9(2)6-12-16-17-15-18(12)19-13(22-15)8-21-14(19)10-4-3-5-11(20)7-10/h3-5,7-9,14,20H,6H2,1-2H3. The van der Waals surface area contributed by atoms with Crippen molar-refractivity contribution in [2.45, 2.75) is 30.8 Å². The van der Waals surface area contributed by atoms with Crippen LogP contribution in [0.25, 0.3) is 0 Å². The summed E-state index contributed by atoms with van der Waals surface area (Å²) in [7, 11) is 0. The Balaban J connectivity index is 1.74. The molecule has 2 aliphatic heterocycles. The summed E-state index contributed by atoms with van der Waals surface area (Å²) in [6, 6.07) is 7.45. The summed E-state index contributed by atoms with van der Waals surface area (Å²) in [5.74, 6) is 1.82. The average molecular weight is 332 g/mol. The molecule has 114 valence electrons. The molecule has 2 aromatic rings. The first-order chi connectivity index (χ1) is 10.6. The van der Waals surface area contributed by atoms with Crippen molar-refractivity contribution >= 4 is 23.5 Å². The molecule has 3 heterocycles. The first kappa shape index (κ1) is 14.0. The molecule has 5 nitrogen and oxygen atoms in total.